The molecule has 0 bridgehead atoms. The summed E-state index contributed by atoms with van der Waals surface area (Å²) >= 11 is 0. The average Bonchev–Trinajstić information content (AvgIpc) is 3.05. The van der Waals surface area contributed by atoms with E-state index in [4.69, 9.17) is 5.11 Å². The van der Waals surface area contributed by atoms with Crippen molar-refractivity contribution in [2.75, 3.05) is 19.7 Å². The molecule has 0 saturated heterocycles. The number of urea groups is 1. The summed E-state index contributed by atoms with van der Waals surface area (Å²) in [5, 5.41) is 14.9. The lowest BCUT2D eigenvalue weighted by Crippen LogP contribution is -2.40. The van der Waals surface area contributed by atoms with Crippen molar-refractivity contribution in [1.29, 1.82) is 0 Å². The van der Waals surface area contributed by atoms with Crippen molar-refractivity contribution >= 4 is 6.03 Å². The molecule has 2 rings (SSSR count). The van der Waals surface area contributed by atoms with Crippen molar-refractivity contribution in [1.82, 2.24) is 15.5 Å². The summed E-state index contributed by atoms with van der Waals surface area (Å²) < 4.78 is 0. The van der Waals surface area contributed by atoms with Crippen LogP contribution in [-0.2, 0) is 13.1 Å². The molecule has 24 heavy (non-hydrogen) atoms. The van der Waals surface area contributed by atoms with E-state index in [2.05, 4.69) is 41.5 Å². The summed E-state index contributed by atoms with van der Waals surface area (Å²) in [6, 6.07) is 8.19. The van der Waals surface area contributed by atoms with Gasteiger partial charge in [-0.2, -0.15) is 0 Å². The maximum absolute atomic E-state index is 12.0. The number of rotatable bonds is 8. The Morgan fingerprint density at radius 1 is 1.25 bits per heavy atom. The summed E-state index contributed by atoms with van der Waals surface area (Å²) in [6.07, 6.45) is 4.68. The smallest absolute Gasteiger partial charge is 0.315 e. The molecule has 0 unspecified atom stereocenters. The Morgan fingerprint density at radius 2 is 2.00 bits per heavy atom. The number of amides is 2. The molecule has 2 atom stereocenters. The minimum atomic E-state index is -0.169. The number of benzene rings is 1. The number of nitrogens with zero attached hydrogens (tertiary/aromatic N) is 1. The molecule has 0 heterocycles. The largest absolute Gasteiger partial charge is 0.396 e. The lowest BCUT2D eigenvalue weighted by Gasteiger charge is -2.18. The van der Waals surface area contributed by atoms with E-state index in [0.717, 1.165) is 31.6 Å². The Hall–Kier alpha value is -1.85. The van der Waals surface area contributed by atoms with E-state index in [1.165, 1.54) is 5.56 Å². The fourth-order valence-corrected chi connectivity index (χ4v) is 2.96. The van der Waals surface area contributed by atoms with Crippen LogP contribution in [0.3, 0.4) is 0 Å². The van der Waals surface area contributed by atoms with E-state index in [-0.39, 0.29) is 24.6 Å². The van der Waals surface area contributed by atoms with Gasteiger partial charge in [0, 0.05) is 31.7 Å². The van der Waals surface area contributed by atoms with Crippen LogP contribution in [0.25, 0.3) is 0 Å². The molecule has 0 aliphatic heterocycles. The lowest BCUT2D eigenvalue weighted by molar-refractivity contribution is 0.231. The van der Waals surface area contributed by atoms with Crippen LogP contribution in [0.5, 0.6) is 0 Å². The van der Waals surface area contributed by atoms with Crippen molar-refractivity contribution in [3.63, 3.8) is 0 Å². The van der Waals surface area contributed by atoms with Gasteiger partial charge in [-0.1, -0.05) is 50.3 Å². The van der Waals surface area contributed by atoms with Gasteiger partial charge in [0.1, 0.15) is 0 Å². The SMILES string of the molecule is CCN(CC)Cc1cccc(CNC(=O)N[C@@H]2C=C[C@H](CO)C2)c1. The fourth-order valence-electron chi connectivity index (χ4n) is 2.96. The number of carbonyl (C=O) groups excluding carboxylic acids is 1. The molecule has 0 aromatic heterocycles. The van der Waals surface area contributed by atoms with Crippen molar-refractivity contribution in [3.05, 3.63) is 47.5 Å². The van der Waals surface area contributed by atoms with Crippen molar-refractivity contribution in [3.8, 4) is 0 Å². The maximum Gasteiger partial charge on any atom is 0.315 e. The van der Waals surface area contributed by atoms with E-state index in [0.29, 0.717) is 6.54 Å². The molecule has 3 N–H and O–H groups in total. The highest BCUT2D eigenvalue weighted by molar-refractivity contribution is 5.74. The van der Waals surface area contributed by atoms with E-state index in [9.17, 15) is 4.79 Å². The van der Waals surface area contributed by atoms with Gasteiger partial charge in [-0.3, -0.25) is 4.90 Å². The quantitative estimate of drug-likeness (QED) is 0.640. The minimum Gasteiger partial charge on any atom is -0.396 e. The van der Waals surface area contributed by atoms with Crippen LogP contribution in [0, 0.1) is 5.92 Å². The zero-order valence-electron chi connectivity index (χ0n) is 14.7. The second-order valence-corrected chi connectivity index (χ2v) is 6.28. The molecule has 1 aliphatic rings. The number of nitrogens with one attached hydrogen (secondary N) is 2. The zero-order valence-corrected chi connectivity index (χ0v) is 14.7. The number of hydrogen-bond acceptors (Lipinski definition) is 3. The molecule has 0 radical (unpaired) electrons. The van der Waals surface area contributed by atoms with Crippen LogP contribution in [-0.4, -0.2) is 41.8 Å². The van der Waals surface area contributed by atoms with E-state index in [1.807, 2.05) is 24.3 Å². The summed E-state index contributed by atoms with van der Waals surface area (Å²) in [5.41, 5.74) is 2.37. The van der Waals surface area contributed by atoms with E-state index >= 15 is 0 Å². The third-order valence-electron chi connectivity index (χ3n) is 4.47. The van der Waals surface area contributed by atoms with Crippen molar-refractivity contribution < 1.29 is 9.90 Å². The molecule has 2 amide bonds. The van der Waals surface area contributed by atoms with Gasteiger partial charge in [0.05, 0.1) is 0 Å². The number of aliphatic hydroxyl groups excluding tert-OH is 1. The molecular weight excluding hydrogens is 302 g/mol. The van der Waals surface area contributed by atoms with Crippen LogP contribution in [0.1, 0.15) is 31.4 Å². The molecule has 1 aromatic carbocycles. The van der Waals surface area contributed by atoms with Crippen LogP contribution in [0.15, 0.2) is 36.4 Å². The van der Waals surface area contributed by atoms with Gasteiger partial charge in [-0.15, -0.1) is 0 Å². The fraction of sp³-hybridized carbons (Fsp3) is 0.526. The second kappa shape index (κ2) is 9.45. The summed E-state index contributed by atoms with van der Waals surface area (Å²) in [6.45, 7) is 7.97. The first-order valence-corrected chi connectivity index (χ1v) is 8.78. The highest BCUT2D eigenvalue weighted by Crippen LogP contribution is 2.16. The van der Waals surface area contributed by atoms with Gasteiger partial charge >= 0.3 is 6.03 Å². The van der Waals surface area contributed by atoms with E-state index < -0.39 is 0 Å². The first-order valence-electron chi connectivity index (χ1n) is 8.78. The molecule has 1 aliphatic carbocycles. The highest BCUT2D eigenvalue weighted by atomic mass is 16.3. The Kier molecular flexibility index (Phi) is 7.28. The summed E-state index contributed by atoms with van der Waals surface area (Å²) in [7, 11) is 0. The Labute approximate surface area is 144 Å². The second-order valence-electron chi connectivity index (χ2n) is 6.28. The average molecular weight is 331 g/mol. The number of hydrogen-bond donors (Lipinski definition) is 3. The Bertz CT molecular complexity index is 555. The molecule has 0 spiro atoms. The Balaban J connectivity index is 1.79. The van der Waals surface area contributed by atoms with Gasteiger partial charge < -0.3 is 15.7 Å². The highest BCUT2D eigenvalue weighted by Gasteiger charge is 2.19. The van der Waals surface area contributed by atoms with Gasteiger partial charge in [-0.05, 0) is 30.6 Å². The Morgan fingerprint density at radius 3 is 2.67 bits per heavy atom. The zero-order chi connectivity index (χ0) is 17.4. The minimum absolute atomic E-state index is 0.0103. The van der Waals surface area contributed by atoms with Crippen LogP contribution >= 0.6 is 0 Å². The molecule has 1 aromatic rings. The topological polar surface area (TPSA) is 64.6 Å². The standard InChI is InChI=1S/C19H29N3O2/c1-3-22(4-2)13-16-7-5-6-15(10-16)12-20-19(24)21-18-9-8-17(11-18)14-23/h5-10,17-18,23H,3-4,11-14H2,1-2H3,(H2,20,21,24)/t17-,18+/m0/s1. The van der Waals surface area contributed by atoms with E-state index in [1.54, 1.807) is 0 Å². The molecule has 0 saturated carbocycles. The van der Waals surface area contributed by atoms with Gasteiger partial charge in [0.2, 0.25) is 0 Å². The third-order valence-corrected chi connectivity index (χ3v) is 4.47. The molecule has 0 fully saturated rings. The first kappa shape index (κ1) is 18.5. The maximum atomic E-state index is 12.0. The van der Waals surface area contributed by atoms with Crippen LogP contribution < -0.4 is 10.6 Å². The van der Waals surface area contributed by atoms with Gasteiger partial charge in [0.25, 0.3) is 0 Å². The van der Waals surface area contributed by atoms with Crippen molar-refractivity contribution in [2.45, 2.75) is 39.4 Å². The summed E-state index contributed by atoms with van der Waals surface area (Å²) in [5.74, 6) is 0.159. The lowest BCUT2D eigenvalue weighted by atomic mass is 10.1. The first-order chi connectivity index (χ1) is 11.6. The predicted octanol–water partition coefficient (Wildman–Crippen LogP) is 2.26. The van der Waals surface area contributed by atoms with Crippen LogP contribution in [0.4, 0.5) is 4.79 Å². The molecule has 5 nitrogen and oxygen atoms in total. The number of aliphatic hydroxyl groups is 1. The molecule has 5 heteroatoms. The van der Waals surface area contributed by atoms with Gasteiger partial charge in [0.15, 0.2) is 0 Å². The summed E-state index contributed by atoms with van der Waals surface area (Å²) in [4.78, 5) is 14.4. The number of carbonyl (C=O) groups is 1. The van der Waals surface area contributed by atoms with Crippen LogP contribution in [0.2, 0.25) is 0 Å². The van der Waals surface area contributed by atoms with Crippen molar-refractivity contribution in [2.24, 2.45) is 5.92 Å². The molecule has 132 valence electrons. The van der Waals surface area contributed by atoms with Gasteiger partial charge in [-0.25, -0.2) is 4.79 Å². The molecular formula is C19H29N3O2. The predicted molar refractivity (Wildman–Crippen MR) is 96.6 cm³/mol. The third kappa shape index (κ3) is 5.65. The normalized spacial score (nSPS) is 19.7. The monoisotopic (exact) mass is 331 g/mol.